The molecule has 3 nitrogen and oxygen atoms in total. The number of hydrogen-bond donors (Lipinski definition) is 1. The molecule has 0 aromatic carbocycles. The van der Waals surface area contributed by atoms with E-state index < -0.39 is 33.0 Å². The molecule has 0 aliphatic carbocycles. The number of rotatable bonds is 4. The fourth-order valence-corrected chi connectivity index (χ4v) is 1.11. The molecule has 0 atom stereocenters. The third-order valence-electron chi connectivity index (χ3n) is 1.09. The molecule has 0 aliphatic heterocycles. The Bertz CT molecular complexity index is 280. The quantitative estimate of drug-likeness (QED) is 0.314. The van der Waals surface area contributed by atoms with Gasteiger partial charge in [0.05, 0.1) is 5.75 Å². The maximum atomic E-state index is 12.3. The van der Waals surface area contributed by atoms with Crippen molar-refractivity contribution in [2.75, 3.05) is 5.75 Å². The average Bonchev–Trinajstić information content (AvgIpc) is 1.79. The van der Waals surface area contributed by atoms with Crippen LogP contribution in [-0.2, 0) is 10.1 Å². The van der Waals surface area contributed by atoms with Gasteiger partial charge in [-0.2, -0.15) is 26.0 Å². The zero-order chi connectivity index (χ0) is 10.9. The van der Waals surface area contributed by atoms with Gasteiger partial charge in [-0.05, 0) is 15.9 Å². The Kier molecular flexibility index (Phi) is 6.80. The summed E-state index contributed by atoms with van der Waals surface area (Å²) in [6, 6.07) is 0. The van der Waals surface area contributed by atoms with Crippen LogP contribution in [0, 0.1) is 0 Å². The minimum absolute atomic E-state index is 0. The molecular weight excluding hydrogens is 307 g/mol. The van der Waals surface area contributed by atoms with Crippen LogP contribution in [0.5, 0.6) is 0 Å². The van der Waals surface area contributed by atoms with E-state index in [-0.39, 0.29) is 31.0 Å². The first-order valence-electron chi connectivity index (χ1n) is 2.85. The van der Waals surface area contributed by atoms with Gasteiger partial charge >= 0.3 is 40.3 Å². The Balaban J connectivity index is -0.000000720. The van der Waals surface area contributed by atoms with Crippen molar-refractivity contribution >= 4 is 26.0 Å². The van der Waals surface area contributed by atoms with Gasteiger partial charge in [-0.3, -0.25) is 4.55 Å². The number of alkyl halides is 5. The van der Waals surface area contributed by atoms with Crippen LogP contribution < -0.4 is 29.6 Å². The second-order valence-corrected chi connectivity index (χ2v) is 4.81. The van der Waals surface area contributed by atoms with E-state index in [0.717, 1.165) is 0 Å². The molecular formula is C4H6BrF4NaO3S. The Morgan fingerprint density at radius 2 is 1.64 bits per heavy atom. The van der Waals surface area contributed by atoms with Crippen molar-refractivity contribution in [1.82, 2.24) is 0 Å². The van der Waals surface area contributed by atoms with Crippen molar-refractivity contribution in [2.24, 2.45) is 0 Å². The fraction of sp³-hybridized carbons (Fsp3) is 1.00. The van der Waals surface area contributed by atoms with E-state index in [4.69, 9.17) is 4.55 Å². The molecule has 0 saturated carbocycles. The maximum Gasteiger partial charge on any atom is 1.00 e. The van der Waals surface area contributed by atoms with Crippen LogP contribution in [0.15, 0.2) is 0 Å². The summed E-state index contributed by atoms with van der Waals surface area (Å²) in [5.74, 6) is -5.93. The minimum Gasteiger partial charge on any atom is -1.00 e. The van der Waals surface area contributed by atoms with E-state index in [2.05, 4.69) is 0 Å². The van der Waals surface area contributed by atoms with Crippen molar-refractivity contribution in [3.8, 4) is 0 Å². The minimum atomic E-state index is -4.65. The van der Waals surface area contributed by atoms with Gasteiger partial charge in [-0.15, -0.1) is 0 Å². The van der Waals surface area contributed by atoms with Crippen molar-refractivity contribution in [3.63, 3.8) is 0 Å². The number of halogens is 5. The van der Waals surface area contributed by atoms with Gasteiger partial charge in [0.15, 0.2) is 0 Å². The second-order valence-electron chi connectivity index (χ2n) is 2.24. The molecule has 10 heteroatoms. The van der Waals surface area contributed by atoms with E-state index >= 15 is 0 Å². The zero-order valence-corrected chi connectivity index (χ0v) is 11.4. The molecule has 0 radical (unpaired) electrons. The van der Waals surface area contributed by atoms with Crippen LogP contribution in [0.25, 0.3) is 0 Å². The predicted molar refractivity (Wildman–Crippen MR) is 41.0 cm³/mol. The van der Waals surface area contributed by atoms with Gasteiger partial charge in [0, 0.05) is 6.42 Å². The molecule has 82 valence electrons. The molecule has 0 aliphatic rings. The van der Waals surface area contributed by atoms with Crippen LogP contribution >= 0.6 is 15.9 Å². The van der Waals surface area contributed by atoms with Gasteiger partial charge in [0.1, 0.15) is 0 Å². The smallest absolute Gasteiger partial charge is 1.00 e. The average molecular weight is 313 g/mol. The summed E-state index contributed by atoms with van der Waals surface area (Å²) in [5.41, 5.74) is 0. The molecule has 0 aromatic rings. The summed E-state index contributed by atoms with van der Waals surface area (Å²) in [4.78, 5) is -4.48. The first-order valence-corrected chi connectivity index (χ1v) is 5.26. The molecule has 0 bridgehead atoms. The van der Waals surface area contributed by atoms with Gasteiger partial charge in [0.25, 0.3) is 10.1 Å². The third-order valence-corrected chi connectivity index (χ3v) is 2.39. The molecule has 0 rings (SSSR count). The Morgan fingerprint density at radius 1 is 1.29 bits per heavy atom. The van der Waals surface area contributed by atoms with E-state index in [1.165, 1.54) is 15.9 Å². The van der Waals surface area contributed by atoms with Crippen LogP contribution in [0.1, 0.15) is 7.85 Å². The van der Waals surface area contributed by atoms with E-state index in [0.29, 0.717) is 0 Å². The molecule has 0 amide bonds. The van der Waals surface area contributed by atoms with Crippen molar-refractivity contribution in [2.45, 2.75) is 17.2 Å². The first-order chi connectivity index (χ1) is 5.46. The normalized spacial score (nSPS) is 13.6. The summed E-state index contributed by atoms with van der Waals surface area (Å²) < 4.78 is 76.5. The van der Waals surface area contributed by atoms with Crippen LogP contribution in [0.3, 0.4) is 0 Å². The van der Waals surface area contributed by atoms with E-state index in [1.54, 1.807) is 0 Å². The third kappa shape index (κ3) is 6.57. The predicted octanol–water partition coefficient (Wildman–Crippen LogP) is -0.996. The molecule has 0 fully saturated rings. The van der Waals surface area contributed by atoms with Crippen molar-refractivity contribution in [1.29, 1.82) is 0 Å². The maximum absolute atomic E-state index is 12.3. The topological polar surface area (TPSA) is 54.4 Å². The molecule has 14 heavy (non-hydrogen) atoms. The van der Waals surface area contributed by atoms with Gasteiger partial charge in [0.2, 0.25) is 0 Å². The molecule has 0 aromatic heterocycles. The Morgan fingerprint density at radius 3 is 1.86 bits per heavy atom. The molecule has 0 heterocycles. The SMILES string of the molecule is O=S(=O)(O)CCC(F)(F)C(F)(F)Br.[H-].[Na+]. The Hall–Kier alpha value is 1.11. The summed E-state index contributed by atoms with van der Waals surface area (Å²) >= 11 is 1.41. The monoisotopic (exact) mass is 312 g/mol. The number of hydrogen-bond acceptors (Lipinski definition) is 2. The molecule has 0 unspecified atom stereocenters. The molecule has 0 saturated heterocycles. The van der Waals surface area contributed by atoms with Crippen LogP contribution in [0.2, 0.25) is 0 Å². The van der Waals surface area contributed by atoms with Gasteiger partial charge in [-0.25, -0.2) is 0 Å². The Labute approximate surface area is 110 Å². The molecule has 1 N–H and O–H groups in total. The van der Waals surface area contributed by atoms with E-state index in [9.17, 15) is 26.0 Å². The van der Waals surface area contributed by atoms with Crippen LogP contribution in [0.4, 0.5) is 17.6 Å². The van der Waals surface area contributed by atoms with Crippen molar-refractivity contribution < 1.29 is 61.5 Å². The standard InChI is InChI=1S/C4H5BrF4O3S.Na.H/c5-4(8,9)3(6,7)1-2-13(10,11)12;;/h1-2H2,(H,10,11,12);;/q;+1;-1. The summed E-state index contributed by atoms with van der Waals surface area (Å²) in [7, 11) is -4.65. The largest absolute Gasteiger partial charge is 1.00 e. The van der Waals surface area contributed by atoms with E-state index in [1.807, 2.05) is 0 Å². The fourth-order valence-electron chi connectivity index (χ4n) is 0.399. The van der Waals surface area contributed by atoms with Crippen molar-refractivity contribution in [3.05, 3.63) is 0 Å². The second kappa shape index (κ2) is 5.44. The summed E-state index contributed by atoms with van der Waals surface area (Å²) in [6.07, 6.45) is -1.65. The van der Waals surface area contributed by atoms with Crippen LogP contribution in [-0.4, -0.2) is 29.5 Å². The molecule has 0 spiro atoms. The first kappa shape index (κ1) is 17.5. The summed E-state index contributed by atoms with van der Waals surface area (Å²) in [6.45, 7) is 0. The van der Waals surface area contributed by atoms with Gasteiger partial charge < -0.3 is 1.43 Å². The van der Waals surface area contributed by atoms with Gasteiger partial charge in [-0.1, -0.05) is 0 Å². The summed E-state index contributed by atoms with van der Waals surface area (Å²) in [5, 5.41) is 0. The zero-order valence-electron chi connectivity index (χ0n) is 7.98.